The maximum Gasteiger partial charge on any atom is 0.324 e. The molecule has 6 heteroatoms. The first-order chi connectivity index (χ1) is 9.86. The van der Waals surface area contributed by atoms with Crippen molar-refractivity contribution in [3.63, 3.8) is 0 Å². The van der Waals surface area contributed by atoms with E-state index in [0.29, 0.717) is 38.1 Å². The third-order valence-corrected chi connectivity index (χ3v) is 3.31. The molecule has 2 aromatic rings. The first kappa shape index (κ1) is 13.1. The Labute approximate surface area is 117 Å². The summed E-state index contributed by atoms with van der Waals surface area (Å²) in [6, 6.07) is 10.2. The summed E-state index contributed by atoms with van der Waals surface area (Å²) in [4.78, 5) is 6.39. The standard InChI is InChI=1S/C14H17N3O3/c18-9-11-8-17(6-7-19-10-11)14-15-13(16-20-14)12-4-2-1-3-5-12/h1-5,11,18H,6-10H2/t11-/m0/s1. The van der Waals surface area contributed by atoms with E-state index in [0.717, 1.165) is 5.56 Å². The number of anilines is 1. The van der Waals surface area contributed by atoms with Crippen molar-refractivity contribution >= 4 is 6.01 Å². The first-order valence-electron chi connectivity index (χ1n) is 6.69. The molecule has 0 amide bonds. The SMILES string of the molecule is OC[C@H]1COCCN(c2nc(-c3ccccc3)no2)C1. The van der Waals surface area contributed by atoms with Gasteiger partial charge >= 0.3 is 6.01 Å². The van der Waals surface area contributed by atoms with Gasteiger partial charge in [-0.3, -0.25) is 0 Å². The molecule has 1 aromatic heterocycles. The summed E-state index contributed by atoms with van der Waals surface area (Å²) in [6.45, 7) is 2.60. The molecule has 0 saturated carbocycles. The third-order valence-electron chi connectivity index (χ3n) is 3.31. The smallest absolute Gasteiger partial charge is 0.324 e. The van der Waals surface area contributed by atoms with Gasteiger partial charge < -0.3 is 19.3 Å². The molecule has 1 aliphatic rings. The molecule has 1 N–H and O–H groups in total. The predicted molar refractivity (Wildman–Crippen MR) is 73.3 cm³/mol. The van der Waals surface area contributed by atoms with E-state index in [2.05, 4.69) is 10.1 Å². The summed E-state index contributed by atoms with van der Waals surface area (Å²) < 4.78 is 10.8. The maximum atomic E-state index is 9.29. The average molecular weight is 275 g/mol. The molecular formula is C14H17N3O3. The molecule has 1 saturated heterocycles. The van der Waals surface area contributed by atoms with E-state index < -0.39 is 0 Å². The van der Waals surface area contributed by atoms with Crippen molar-refractivity contribution in [3.8, 4) is 11.4 Å². The normalized spacial score (nSPS) is 19.9. The quantitative estimate of drug-likeness (QED) is 0.907. The van der Waals surface area contributed by atoms with Gasteiger partial charge in [0.15, 0.2) is 0 Å². The van der Waals surface area contributed by atoms with Gasteiger partial charge in [0.2, 0.25) is 5.82 Å². The number of aliphatic hydroxyl groups is 1. The van der Waals surface area contributed by atoms with Crippen LogP contribution in [0.5, 0.6) is 0 Å². The number of hydrogen-bond acceptors (Lipinski definition) is 6. The molecule has 2 heterocycles. The lowest BCUT2D eigenvalue weighted by Gasteiger charge is -2.19. The zero-order valence-electron chi connectivity index (χ0n) is 11.1. The monoisotopic (exact) mass is 275 g/mol. The fourth-order valence-corrected chi connectivity index (χ4v) is 2.21. The maximum absolute atomic E-state index is 9.29. The molecule has 1 fully saturated rings. The molecule has 0 unspecified atom stereocenters. The van der Waals surface area contributed by atoms with E-state index in [9.17, 15) is 5.11 Å². The van der Waals surface area contributed by atoms with Gasteiger partial charge in [0.25, 0.3) is 0 Å². The number of nitrogens with zero attached hydrogens (tertiary/aromatic N) is 3. The van der Waals surface area contributed by atoms with Gasteiger partial charge in [-0.2, -0.15) is 4.98 Å². The highest BCUT2D eigenvalue weighted by atomic mass is 16.5. The lowest BCUT2D eigenvalue weighted by Crippen LogP contribution is -2.31. The Balaban J connectivity index is 1.79. The van der Waals surface area contributed by atoms with E-state index in [1.807, 2.05) is 35.2 Å². The summed E-state index contributed by atoms with van der Waals surface area (Å²) in [6.07, 6.45) is 0. The van der Waals surface area contributed by atoms with Crippen LogP contribution in [0.1, 0.15) is 0 Å². The number of benzene rings is 1. The van der Waals surface area contributed by atoms with Crippen LogP contribution in [-0.4, -0.2) is 48.2 Å². The number of rotatable bonds is 3. The molecular weight excluding hydrogens is 258 g/mol. The van der Waals surface area contributed by atoms with Crippen molar-refractivity contribution in [2.75, 3.05) is 37.8 Å². The Kier molecular flexibility index (Phi) is 3.94. The molecule has 1 aromatic carbocycles. The molecule has 3 rings (SSSR count). The van der Waals surface area contributed by atoms with Crippen LogP contribution in [0.4, 0.5) is 6.01 Å². The van der Waals surface area contributed by atoms with Crippen molar-refractivity contribution < 1.29 is 14.4 Å². The first-order valence-corrected chi connectivity index (χ1v) is 6.69. The van der Waals surface area contributed by atoms with Crippen LogP contribution in [-0.2, 0) is 4.74 Å². The van der Waals surface area contributed by atoms with Crippen molar-refractivity contribution in [1.29, 1.82) is 0 Å². The van der Waals surface area contributed by atoms with Crippen molar-refractivity contribution in [3.05, 3.63) is 30.3 Å². The fourth-order valence-electron chi connectivity index (χ4n) is 2.21. The van der Waals surface area contributed by atoms with Crippen LogP contribution in [0.25, 0.3) is 11.4 Å². The Morgan fingerprint density at radius 3 is 2.95 bits per heavy atom. The Morgan fingerprint density at radius 2 is 2.15 bits per heavy atom. The molecule has 1 aliphatic heterocycles. The van der Waals surface area contributed by atoms with Crippen LogP contribution in [0.15, 0.2) is 34.9 Å². The predicted octanol–water partition coefficient (Wildman–Crippen LogP) is 1.18. The molecule has 0 aliphatic carbocycles. The molecule has 106 valence electrons. The van der Waals surface area contributed by atoms with E-state index in [4.69, 9.17) is 9.26 Å². The third kappa shape index (κ3) is 2.81. The van der Waals surface area contributed by atoms with E-state index >= 15 is 0 Å². The molecule has 20 heavy (non-hydrogen) atoms. The van der Waals surface area contributed by atoms with Gasteiger partial charge in [0.1, 0.15) is 0 Å². The summed E-state index contributed by atoms with van der Waals surface area (Å²) in [5.74, 6) is 0.649. The second-order valence-electron chi connectivity index (χ2n) is 4.84. The molecule has 0 radical (unpaired) electrons. The van der Waals surface area contributed by atoms with Gasteiger partial charge in [0.05, 0.1) is 13.2 Å². The van der Waals surface area contributed by atoms with Gasteiger partial charge in [0, 0.05) is 31.2 Å². The summed E-state index contributed by atoms with van der Waals surface area (Å²) in [5, 5.41) is 13.3. The van der Waals surface area contributed by atoms with E-state index in [1.165, 1.54) is 0 Å². The number of aliphatic hydroxyl groups excluding tert-OH is 1. The lowest BCUT2D eigenvalue weighted by molar-refractivity contribution is 0.0959. The number of ether oxygens (including phenoxy) is 1. The van der Waals surface area contributed by atoms with E-state index in [-0.39, 0.29) is 12.5 Å². The highest BCUT2D eigenvalue weighted by molar-refractivity contribution is 5.55. The second-order valence-corrected chi connectivity index (χ2v) is 4.84. The van der Waals surface area contributed by atoms with Crippen molar-refractivity contribution in [1.82, 2.24) is 10.1 Å². The summed E-state index contributed by atoms with van der Waals surface area (Å²) in [5.41, 5.74) is 0.923. The number of hydrogen-bond donors (Lipinski definition) is 1. The van der Waals surface area contributed by atoms with E-state index in [1.54, 1.807) is 0 Å². The Morgan fingerprint density at radius 1 is 1.30 bits per heavy atom. The lowest BCUT2D eigenvalue weighted by atomic mass is 10.2. The zero-order valence-corrected chi connectivity index (χ0v) is 11.1. The van der Waals surface area contributed by atoms with Crippen LogP contribution in [0.3, 0.4) is 0 Å². The molecule has 0 bridgehead atoms. The second kappa shape index (κ2) is 6.02. The van der Waals surface area contributed by atoms with Crippen LogP contribution in [0.2, 0.25) is 0 Å². The van der Waals surface area contributed by atoms with Gasteiger partial charge in [-0.25, -0.2) is 0 Å². The minimum absolute atomic E-state index is 0.0737. The fraction of sp³-hybridized carbons (Fsp3) is 0.429. The Hall–Kier alpha value is -1.92. The highest BCUT2D eigenvalue weighted by Crippen LogP contribution is 2.21. The number of aromatic nitrogens is 2. The van der Waals surface area contributed by atoms with Crippen molar-refractivity contribution in [2.45, 2.75) is 0 Å². The Bertz CT molecular complexity index is 544. The van der Waals surface area contributed by atoms with Crippen LogP contribution < -0.4 is 4.90 Å². The molecule has 0 spiro atoms. The minimum atomic E-state index is 0.0737. The van der Waals surface area contributed by atoms with Crippen LogP contribution >= 0.6 is 0 Å². The van der Waals surface area contributed by atoms with Gasteiger partial charge in [-0.15, -0.1) is 0 Å². The van der Waals surface area contributed by atoms with Crippen LogP contribution in [0, 0.1) is 5.92 Å². The summed E-state index contributed by atoms with van der Waals surface area (Å²) in [7, 11) is 0. The minimum Gasteiger partial charge on any atom is -0.396 e. The van der Waals surface area contributed by atoms with Gasteiger partial charge in [-0.05, 0) is 0 Å². The molecule has 6 nitrogen and oxygen atoms in total. The topological polar surface area (TPSA) is 71.6 Å². The van der Waals surface area contributed by atoms with Crippen molar-refractivity contribution in [2.24, 2.45) is 5.92 Å². The van der Waals surface area contributed by atoms with Gasteiger partial charge in [-0.1, -0.05) is 35.5 Å². The largest absolute Gasteiger partial charge is 0.396 e. The zero-order chi connectivity index (χ0) is 13.8. The highest BCUT2D eigenvalue weighted by Gasteiger charge is 2.22. The summed E-state index contributed by atoms with van der Waals surface area (Å²) >= 11 is 0. The molecule has 1 atom stereocenters. The average Bonchev–Trinajstić information content (AvgIpc) is 2.87.